The van der Waals surface area contributed by atoms with Crippen LogP contribution in [0.3, 0.4) is 0 Å². The lowest BCUT2D eigenvalue weighted by atomic mass is 10.1. The molecule has 0 saturated heterocycles. The third-order valence-electron chi connectivity index (χ3n) is 2.19. The van der Waals surface area contributed by atoms with Crippen molar-refractivity contribution in [3.05, 3.63) is 4.77 Å². The molecule has 1 unspecified atom stereocenters. The van der Waals surface area contributed by atoms with E-state index in [0.717, 1.165) is 19.3 Å². The van der Waals surface area contributed by atoms with Crippen LogP contribution in [0, 0.1) is 4.77 Å². The summed E-state index contributed by atoms with van der Waals surface area (Å²) in [5.74, 6) is 0.491. The van der Waals surface area contributed by atoms with Gasteiger partial charge in [-0.1, -0.05) is 20.3 Å². The van der Waals surface area contributed by atoms with Gasteiger partial charge in [-0.25, -0.2) is 5.10 Å². The van der Waals surface area contributed by atoms with Gasteiger partial charge < -0.3 is 5.73 Å². The van der Waals surface area contributed by atoms with Crippen LogP contribution in [0.5, 0.6) is 0 Å². The van der Waals surface area contributed by atoms with Crippen molar-refractivity contribution in [2.24, 2.45) is 0 Å². The standard InChI is InChI=1S/C8H16N4S/c1-3-5-6(4-2)12-7(9)10-11-8(12)13/h6H,3-5H2,1-2H3,(H2,9,10)(H,11,13). The Labute approximate surface area is 83.1 Å². The van der Waals surface area contributed by atoms with Crippen LogP contribution in [0.15, 0.2) is 0 Å². The van der Waals surface area contributed by atoms with Crippen LogP contribution in [0.2, 0.25) is 0 Å². The quantitative estimate of drug-likeness (QED) is 0.733. The van der Waals surface area contributed by atoms with E-state index in [2.05, 4.69) is 24.0 Å². The first-order valence-electron chi connectivity index (χ1n) is 4.63. The molecule has 74 valence electrons. The van der Waals surface area contributed by atoms with E-state index in [9.17, 15) is 0 Å². The molecule has 0 fully saturated rings. The largest absolute Gasteiger partial charge is 0.368 e. The predicted octanol–water partition coefficient (Wildman–Crippen LogP) is 2.27. The van der Waals surface area contributed by atoms with Gasteiger partial charge >= 0.3 is 0 Å². The number of aromatic amines is 1. The predicted molar refractivity (Wildman–Crippen MR) is 56.1 cm³/mol. The molecule has 0 spiro atoms. The van der Waals surface area contributed by atoms with Crippen molar-refractivity contribution in [3.8, 4) is 0 Å². The first-order valence-corrected chi connectivity index (χ1v) is 5.03. The summed E-state index contributed by atoms with van der Waals surface area (Å²) in [5.41, 5.74) is 5.70. The third kappa shape index (κ3) is 2.09. The van der Waals surface area contributed by atoms with E-state index in [0.29, 0.717) is 16.8 Å². The summed E-state index contributed by atoms with van der Waals surface area (Å²) >= 11 is 5.09. The first-order chi connectivity index (χ1) is 6.20. The summed E-state index contributed by atoms with van der Waals surface area (Å²) in [5, 5.41) is 6.59. The highest BCUT2D eigenvalue weighted by molar-refractivity contribution is 7.71. The number of nitrogens with zero attached hydrogens (tertiary/aromatic N) is 2. The zero-order valence-corrected chi connectivity index (χ0v) is 8.90. The Hall–Kier alpha value is -0.840. The number of nitrogen functional groups attached to an aromatic ring is 1. The van der Waals surface area contributed by atoms with E-state index >= 15 is 0 Å². The average Bonchev–Trinajstić information content (AvgIpc) is 2.43. The van der Waals surface area contributed by atoms with Crippen molar-refractivity contribution >= 4 is 18.2 Å². The van der Waals surface area contributed by atoms with Gasteiger partial charge in [-0.15, -0.1) is 5.10 Å². The molecule has 1 rings (SSSR count). The zero-order chi connectivity index (χ0) is 9.84. The molecule has 0 aliphatic heterocycles. The van der Waals surface area contributed by atoms with Crippen LogP contribution in [0.4, 0.5) is 5.95 Å². The summed E-state index contributed by atoms with van der Waals surface area (Å²) in [6, 6.07) is 0.385. The van der Waals surface area contributed by atoms with Crippen molar-refractivity contribution in [1.29, 1.82) is 0 Å². The molecule has 3 N–H and O–H groups in total. The van der Waals surface area contributed by atoms with E-state index in [1.54, 1.807) is 0 Å². The zero-order valence-electron chi connectivity index (χ0n) is 8.08. The van der Waals surface area contributed by atoms with Gasteiger partial charge in [-0.2, -0.15) is 0 Å². The number of anilines is 1. The molecule has 1 aromatic heterocycles. The second-order valence-corrected chi connectivity index (χ2v) is 3.49. The topological polar surface area (TPSA) is 59.6 Å². The van der Waals surface area contributed by atoms with E-state index in [1.165, 1.54) is 0 Å². The molecule has 0 aliphatic rings. The molecular weight excluding hydrogens is 184 g/mol. The molecule has 0 bridgehead atoms. The maximum Gasteiger partial charge on any atom is 0.220 e. The number of H-pyrrole nitrogens is 1. The van der Waals surface area contributed by atoms with Gasteiger partial charge in [-0.3, -0.25) is 4.57 Å². The van der Waals surface area contributed by atoms with E-state index < -0.39 is 0 Å². The van der Waals surface area contributed by atoms with Crippen LogP contribution in [0.25, 0.3) is 0 Å². The molecule has 1 aromatic rings. The van der Waals surface area contributed by atoms with Gasteiger partial charge in [0.1, 0.15) is 0 Å². The second kappa shape index (κ2) is 4.41. The van der Waals surface area contributed by atoms with Crippen LogP contribution in [0.1, 0.15) is 39.2 Å². The minimum atomic E-state index is 0.385. The number of aromatic nitrogens is 3. The fourth-order valence-electron chi connectivity index (χ4n) is 1.52. The number of nitrogens with two attached hydrogens (primary N) is 1. The van der Waals surface area contributed by atoms with E-state index in [1.807, 2.05) is 4.57 Å². The van der Waals surface area contributed by atoms with Gasteiger partial charge in [0.15, 0.2) is 4.77 Å². The SMILES string of the molecule is CCCC(CC)n1c(N)n[nH]c1=S. The molecule has 1 atom stereocenters. The highest BCUT2D eigenvalue weighted by Crippen LogP contribution is 2.20. The fraction of sp³-hybridized carbons (Fsp3) is 0.750. The normalized spacial score (nSPS) is 13.1. The lowest BCUT2D eigenvalue weighted by Gasteiger charge is -2.15. The van der Waals surface area contributed by atoms with Gasteiger partial charge in [0.2, 0.25) is 5.95 Å². The van der Waals surface area contributed by atoms with Gasteiger partial charge in [0.05, 0.1) is 0 Å². The smallest absolute Gasteiger partial charge is 0.220 e. The molecule has 0 radical (unpaired) electrons. The van der Waals surface area contributed by atoms with E-state index in [-0.39, 0.29) is 0 Å². The van der Waals surface area contributed by atoms with Crippen molar-refractivity contribution in [2.45, 2.75) is 39.2 Å². The summed E-state index contributed by atoms with van der Waals surface area (Å²) in [4.78, 5) is 0. The maximum atomic E-state index is 5.70. The van der Waals surface area contributed by atoms with Crippen LogP contribution >= 0.6 is 12.2 Å². The third-order valence-corrected chi connectivity index (χ3v) is 2.48. The Bertz CT molecular complexity index is 314. The Morgan fingerprint density at radius 1 is 1.62 bits per heavy atom. The van der Waals surface area contributed by atoms with Gasteiger partial charge in [-0.05, 0) is 25.1 Å². The number of rotatable bonds is 4. The van der Waals surface area contributed by atoms with Crippen LogP contribution < -0.4 is 5.73 Å². The fourth-order valence-corrected chi connectivity index (χ4v) is 1.81. The van der Waals surface area contributed by atoms with Crippen LogP contribution in [-0.2, 0) is 0 Å². The van der Waals surface area contributed by atoms with Crippen molar-refractivity contribution < 1.29 is 0 Å². The summed E-state index contributed by atoms with van der Waals surface area (Å²) < 4.78 is 2.52. The number of hydrogen-bond acceptors (Lipinski definition) is 3. The molecule has 0 amide bonds. The molecular formula is C8H16N4S. The lowest BCUT2D eigenvalue weighted by molar-refractivity contribution is 0.447. The Kier molecular flexibility index (Phi) is 3.48. The molecule has 4 nitrogen and oxygen atoms in total. The van der Waals surface area contributed by atoms with Gasteiger partial charge in [0.25, 0.3) is 0 Å². The highest BCUT2D eigenvalue weighted by atomic mass is 32.1. The maximum absolute atomic E-state index is 5.70. The summed E-state index contributed by atoms with van der Waals surface area (Å²) in [6.45, 7) is 4.29. The Balaban J connectivity index is 2.96. The van der Waals surface area contributed by atoms with Crippen LogP contribution in [-0.4, -0.2) is 14.8 Å². The van der Waals surface area contributed by atoms with Crippen molar-refractivity contribution in [3.63, 3.8) is 0 Å². The first kappa shape index (κ1) is 10.2. The monoisotopic (exact) mass is 200 g/mol. The summed E-state index contributed by atoms with van der Waals surface area (Å²) in [6.07, 6.45) is 3.26. The number of nitrogens with one attached hydrogen (secondary N) is 1. The average molecular weight is 200 g/mol. The molecule has 13 heavy (non-hydrogen) atoms. The summed E-state index contributed by atoms with van der Waals surface area (Å²) in [7, 11) is 0. The van der Waals surface area contributed by atoms with Crippen molar-refractivity contribution in [2.75, 3.05) is 5.73 Å². The second-order valence-electron chi connectivity index (χ2n) is 3.11. The van der Waals surface area contributed by atoms with Crippen molar-refractivity contribution in [1.82, 2.24) is 14.8 Å². The molecule has 0 saturated carbocycles. The minimum Gasteiger partial charge on any atom is -0.368 e. The Morgan fingerprint density at radius 3 is 2.69 bits per heavy atom. The minimum absolute atomic E-state index is 0.385. The molecule has 0 aliphatic carbocycles. The van der Waals surface area contributed by atoms with E-state index in [4.69, 9.17) is 18.0 Å². The lowest BCUT2D eigenvalue weighted by Crippen LogP contribution is -2.11. The highest BCUT2D eigenvalue weighted by Gasteiger charge is 2.11. The Morgan fingerprint density at radius 2 is 2.31 bits per heavy atom. The molecule has 0 aromatic carbocycles. The molecule has 1 heterocycles. The number of hydrogen-bond donors (Lipinski definition) is 2. The van der Waals surface area contributed by atoms with Gasteiger partial charge in [0, 0.05) is 6.04 Å². The molecule has 5 heteroatoms.